The summed E-state index contributed by atoms with van der Waals surface area (Å²) in [6, 6.07) is 6.05. The maximum absolute atomic E-state index is 5.85. The van der Waals surface area contributed by atoms with Crippen molar-refractivity contribution in [2.24, 2.45) is 11.7 Å². The Hall–Kier alpha value is -1.22. The van der Waals surface area contributed by atoms with Crippen molar-refractivity contribution in [3.05, 3.63) is 23.8 Å². The average molecular weight is 235 g/mol. The molecule has 0 bridgehead atoms. The number of ether oxygens (including phenoxy) is 2. The predicted molar refractivity (Wildman–Crippen MR) is 68.6 cm³/mol. The van der Waals surface area contributed by atoms with Crippen LogP contribution in [0.5, 0.6) is 11.5 Å². The molecule has 0 spiro atoms. The van der Waals surface area contributed by atoms with Crippen LogP contribution >= 0.6 is 0 Å². The molecular weight excluding hydrogens is 214 g/mol. The molecule has 0 unspecified atom stereocenters. The molecular formula is C14H21NO2. The Labute approximate surface area is 103 Å². The number of rotatable bonds is 6. The zero-order chi connectivity index (χ0) is 12.1. The van der Waals surface area contributed by atoms with Gasteiger partial charge in [0.25, 0.3) is 0 Å². The lowest BCUT2D eigenvalue weighted by Gasteiger charge is -2.25. The summed E-state index contributed by atoms with van der Waals surface area (Å²) < 4.78 is 11.2. The largest absolute Gasteiger partial charge is 0.493 e. The number of nitrogens with two attached hydrogens (primary N) is 1. The molecule has 3 nitrogen and oxygen atoms in total. The molecule has 0 amide bonds. The van der Waals surface area contributed by atoms with Gasteiger partial charge in [-0.25, -0.2) is 0 Å². The first kappa shape index (κ1) is 12.2. The third-order valence-electron chi connectivity index (χ3n) is 3.36. The summed E-state index contributed by atoms with van der Waals surface area (Å²) in [5.74, 6) is 2.40. The zero-order valence-electron chi connectivity index (χ0n) is 10.4. The second kappa shape index (κ2) is 5.92. The van der Waals surface area contributed by atoms with E-state index in [1.165, 1.54) is 24.8 Å². The summed E-state index contributed by atoms with van der Waals surface area (Å²) in [7, 11) is 1.67. The minimum Gasteiger partial charge on any atom is -0.493 e. The van der Waals surface area contributed by atoms with E-state index in [9.17, 15) is 0 Å². The summed E-state index contributed by atoms with van der Waals surface area (Å²) in [5, 5.41) is 0. The normalized spacial score (nSPS) is 15.4. The minimum absolute atomic E-state index is 0.661. The first-order valence-electron chi connectivity index (χ1n) is 6.33. The van der Waals surface area contributed by atoms with Gasteiger partial charge in [0.1, 0.15) is 0 Å². The lowest BCUT2D eigenvalue weighted by Crippen LogP contribution is -2.19. The predicted octanol–water partition coefficient (Wildman–Crippen LogP) is 2.38. The number of hydrogen-bond donors (Lipinski definition) is 1. The Morgan fingerprint density at radius 1 is 1.29 bits per heavy atom. The van der Waals surface area contributed by atoms with Crippen LogP contribution in [0.15, 0.2) is 18.2 Å². The molecule has 0 saturated heterocycles. The highest BCUT2D eigenvalue weighted by atomic mass is 16.5. The molecule has 1 saturated carbocycles. The standard InChI is InChI=1S/C14H21NO2/c1-16-13-6-5-11(7-8-15)9-14(13)17-10-12-3-2-4-12/h5-6,9,12H,2-4,7-8,10,15H2,1H3. The number of hydrogen-bond acceptors (Lipinski definition) is 3. The fourth-order valence-corrected chi connectivity index (χ4v) is 2.02. The first-order valence-corrected chi connectivity index (χ1v) is 6.33. The van der Waals surface area contributed by atoms with Crippen LogP contribution in [0.2, 0.25) is 0 Å². The molecule has 2 rings (SSSR count). The van der Waals surface area contributed by atoms with Gasteiger partial charge in [-0.2, -0.15) is 0 Å². The molecule has 0 aromatic heterocycles. The van der Waals surface area contributed by atoms with E-state index in [4.69, 9.17) is 15.2 Å². The van der Waals surface area contributed by atoms with Crippen LogP contribution in [0.25, 0.3) is 0 Å². The maximum atomic E-state index is 5.85. The molecule has 1 aliphatic carbocycles. The lowest BCUT2D eigenvalue weighted by atomic mass is 9.86. The van der Waals surface area contributed by atoms with Crippen LogP contribution in [0.3, 0.4) is 0 Å². The highest BCUT2D eigenvalue weighted by Crippen LogP contribution is 2.31. The quantitative estimate of drug-likeness (QED) is 0.823. The SMILES string of the molecule is COc1ccc(CCN)cc1OCC1CCC1. The van der Waals surface area contributed by atoms with Gasteiger partial charge >= 0.3 is 0 Å². The topological polar surface area (TPSA) is 44.5 Å². The Kier molecular flexibility index (Phi) is 4.26. The van der Waals surface area contributed by atoms with Crippen LogP contribution in [0.1, 0.15) is 24.8 Å². The van der Waals surface area contributed by atoms with E-state index in [1.54, 1.807) is 7.11 Å². The van der Waals surface area contributed by atoms with Crippen molar-refractivity contribution in [3.63, 3.8) is 0 Å². The monoisotopic (exact) mass is 235 g/mol. The van der Waals surface area contributed by atoms with Gasteiger partial charge in [-0.3, -0.25) is 0 Å². The summed E-state index contributed by atoms with van der Waals surface area (Å²) in [6.45, 7) is 1.47. The van der Waals surface area contributed by atoms with Gasteiger partial charge < -0.3 is 15.2 Å². The molecule has 1 fully saturated rings. The van der Waals surface area contributed by atoms with Crippen LogP contribution in [0.4, 0.5) is 0 Å². The van der Waals surface area contributed by atoms with Crippen molar-refractivity contribution in [3.8, 4) is 11.5 Å². The highest BCUT2D eigenvalue weighted by molar-refractivity contribution is 5.43. The third-order valence-corrected chi connectivity index (χ3v) is 3.36. The fraction of sp³-hybridized carbons (Fsp3) is 0.571. The zero-order valence-corrected chi connectivity index (χ0v) is 10.4. The molecule has 0 radical (unpaired) electrons. The Morgan fingerprint density at radius 2 is 2.12 bits per heavy atom. The summed E-state index contributed by atoms with van der Waals surface area (Å²) >= 11 is 0. The number of methoxy groups -OCH3 is 1. The Morgan fingerprint density at radius 3 is 2.71 bits per heavy atom. The molecule has 0 atom stereocenters. The van der Waals surface area contributed by atoms with Crippen molar-refractivity contribution in [2.75, 3.05) is 20.3 Å². The van der Waals surface area contributed by atoms with Gasteiger partial charge in [0.2, 0.25) is 0 Å². The van der Waals surface area contributed by atoms with Crippen molar-refractivity contribution in [1.82, 2.24) is 0 Å². The van der Waals surface area contributed by atoms with Crippen molar-refractivity contribution >= 4 is 0 Å². The van der Waals surface area contributed by atoms with E-state index in [2.05, 4.69) is 0 Å². The lowest BCUT2D eigenvalue weighted by molar-refractivity contribution is 0.176. The second-order valence-electron chi connectivity index (χ2n) is 4.63. The molecule has 17 heavy (non-hydrogen) atoms. The summed E-state index contributed by atoms with van der Waals surface area (Å²) in [5.41, 5.74) is 6.77. The molecule has 1 aliphatic rings. The van der Waals surface area contributed by atoms with Gasteiger partial charge in [0.15, 0.2) is 11.5 Å². The van der Waals surface area contributed by atoms with E-state index in [0.717, 1.165) is 30.4 Å². The molecule has 1 aromatic carbocycles. The summed E-state index contributed by atoms with van der Waals surface area (Å²) in [6.07, 6.45) is 4.82. The van der Waals surface area contributed by atoms with Crippen LogP contribution in [0, 0.1) is 5.92 Å². The third kappa shape index (κ3) is 3.13. The van der Waals surface area contributed by atoms with Gasteiger partial charge in [0.05, 0.1) is 13.7 Å². The molecule has 0 heterocycles. The minimum atomic E-state index is 0.661. The maximum Gasteiger partial charge on any atom is 0.161 e. The average Bonchev–Trinajstić information content (AvgIpc) is 2.28. The fourth-order valence-electron chi connectivity index (χ4n) is 2.02. The highest BCUT2D eigenvalue weighted by Gasteiger charge is 2.18. The van der Waals surface area contributed by atoms with Gasteiger partial charge in [-0.05, 0) is 49.4 Å². The Balaban J connectivity index is 2.02. The van der Waals surface area contributed by atoms with E-state index < -0.39 is 0 Å². The first-order chi connectivity index (χ1) is 8.33. The van der Waals surface area contributed by atoms with Crippen LogP contribution in [-0.4, -0.2) is 20.3 Å². The molecule has 94 valence electrons. The molecule has 3 heteroatoms. The van der Waals surface area contributed by atoms with Gasteiger partial charge in [-0.15, -0.1) is 0 Å². The van der Waals surface area contributed by atoms with Crippen molar-refractivity contribution < 1.29 is 9.47 Å². The summed E-state index contributed by atoms with van der Waals surface area (Å²) in [4.78, 5) is 0. The van der Waals surface area contributed by atoms with Gasteiger partial charge in [-0.1, -0.05) is 12.5 Å². The van der Waals surface area contributed by atoms with Gasteiger partial charge in [0, 0.05) is 0 Å². The number of benzene rings is 1. The van der Waals surface area contributed by atoms with Crippen LogP contribution in [-0.2, 0) is 6.42 Å². The van der Waals surface area contributed by atoms with E-state index in [-0.39, 0.29) is 0 Å². The Bertz CT molecular complexity index is 361. The van der Waals surface area contributed by atoms with Crippen LogP contribution < -0.4 is 15.2 Å². The van der Waals surface area contributed by atoms with Crippen molar-refractivity contribution in [2.45, 2.75) is 25.7 Å². The molecule has 1 aromatic rings. The van der Waals surface area contributed by atoms with E-state index in [1.807, 2.05) is 18.2 Å². The van der Waals surface area contributed by atoms with E-state index in [0.29, 0.717) is 6.54 Å². The smallest absolute Gasteiger partial charge is 0.161 e. The second-order valence-corrected chi connectivity index (χ2v) is 4.63. The van der Waals surface area contributed by atoms with E-state index >= 15 is 0 Å². The molecule has 2 N–H and O–H groups in total. The molecule has 0 aliphatic heterocycles. The van der Waals surface area contributed by atoms with Crippen molar-refractivity contribution in [1.29, 1.82) is 0 Å².